The Balaban J connectivity index is 2.05. The highest BCUT2D eigenvalue weighted by atomic mass is 16.4. The topological polar surface area (TPSA) is 42.2 Å². The van der Waals surface area contributed by atoms with E-state index in [1.165, 1.54) is 12.8 Å². The minimum absolute atomic E-state index is 0.109. The van der Waals surface area contributed by atoms with E-state index < -0.39 is 5.97 Å². The number of carbonyl (C=O) groups is 1. The van der Waals surface area contributed by atoms with Crippen LogP contribution in [0.3, 0.4) is 0 Å². The third kappa shape index (κ3) is 2.05. The fourth-order valence-corrected chi connectivity index (χ4v) is 2.36. The second-order valence-electron chi connectivity index (χ2n) is 4.84. The zero-order chi connectivity index (χ0) is 11.8. The third-order valence-electron chi connectivity index (χ3n) is 3.36. The van der Waals surface area contributed by atoms with E-state index in [2.05, 4.69) is 10.6 Å². The summed E-state index contributed by atoms with van der Waals surface area (Å²) in [7, 11) is 0. The predicted molar refractivity (Wildman–Crippen MR) is 66.0 cm³/mol. The molecule has 0 amide bonds. The molecule has 1 aliphatic rings. The summed E-state index contributed by atoms with van der Waals surface area (Å²) < 4.78 is 2.21. The van der Waals surface area contributed by atoms with Gasteiger partial charge in [0.15, 0.2) is 0 Å². The van der Waals surface area contributed by atoms with Crippen LogP contribution in [0.15, 0.2) is 30.5 Å². The number of fused-ring (bicyclic) bond motifs is 1. The van der Waals surface area contributed by atoms with Crippen molar-refractivity contribution in [3.63, 3.8) is 0 Å². The molecule has 3 nitrogen and oxygen atoms in total. The summed E-state index contributed by atoms with van der Waals surface area (Å²) in [6.07, 6.45) is 4.73. The number of carboxylic acids is 1. The SMILES string of the molecule is O=C(O)Cc1cn(CC2CC2)c2ccccc12. The van der Waals surface area contributed by atoms with Crippen molar-refractivity contribution >= 4 is 16.9 Å². The number of hydrogen-bond acceptors (Lipinski definition) is 1. The molecule has 1 aliphatic carbocycles. The van der Waals surface area contributed by atoms with Gasteiger partial charge in [-0.05, 0) is 30.4 Å². The second kappa shape index (κ2) is 3.91. The van der Waals surface area contributed by atoms with Gasteiger partial charge in [-0.15, -0.1) is 0 Å². The summed E-state index contributed by atoms with van der Waals surface area (Å²) in [5.74, 6) is 0.0304. The molecule has 2 aromatic rings. The van der Waals surface area contributed by atoms with Crippen molar-refractivity contribution in [2.24, 2.45) is 5.92 Å². The van der Waals surface area contributed by atoms with Crippen LogP contribution in [0.5, 0.6) is 0 Å². The highest BCUT2D eigenvalue weighted by Crippen LogP contribution is 2.33. The van der Waals surface area contributed by atoms with Gasteiger partial charge in [0.2, 0.25) is 0 Å². The Morgan fingerprint density at radius 2 is 2.12 bits per heavy atom. The van der Waals surface area contributed by atoms with Crippen molar-refractivity contribution in [2.45, 2.75) is 25.8 Å². The highest BCUT2D eigenvalue weighted by Gasteiger charge is 2.23. The van der Waals surface area contributed by atoms with Crippen molar-refractivity contribution in [2.75, 3.05) is 0 Å². The lowest BCUT2D eigenvalue weighted by Crippen LogP contribution is -2.00. The quantitative estimate of drug-likeness (QED) is 0.875. The van der Waals surface area contributed by atoms with Gasteiger partial charge in [-0.25, -0.2) is 0 Å². The van der Waals surface area contributed by atoms with E-state index in [0.29, 0.717) is 0 Å². The normalized spacial score (nSPS) is 15.3. The summed E-state index contributed by atoms with van der Waals surface area (Å²) in [6, 6.07) is 8.06. The standard InChI is InChI=1S/C14H15NO2/c16-14(17)7-11-9-15(8-10-5-6-10)13-4-2-1-3-12(11)13/h1-4,9-10H,5-8H2,(H,16,17). The van der Waals surface area contributed by atoms with Crippen LogP contribution in [0.2, 0.25) is 0 Å². The van der Waals surface area contributed by atoms with E-state index in [0.717, 1.165) is 28.9 Å². The maximum absolute atomic E-state index is 10.8. The van der Waals surface area contributed by atoms with Gasteiger partial charge >= 0.3 is 5.97 Å². The summed E-state index contributed by atoms with van der Waals surface area (Å²) in [5.41, 5.74) is 2.09. The van der Waals surface area contributed by atoms with Crippen LogP contribution >= 0.6 is 0 Å². The van der Waals surface area contributed by atoms with Gasteiger partial charge in [0.05, 0.1) is 6.42 Å². The number of aromatic nitrogens is 1. The van der Waals surface area contributed by atoms with E-state index in [-0.39, 0.29) is 6.42 Å². The van der Waals surface area contributed by atoms with Crippen molar-refractivity contribution in [1.29, 1.82) is 0 Å². The molecule has 0 bridgehead atoms. The first-order chi connectivity index (χ1) is 8.24. The fourth-order valence-electron chi connectivity index (χ4n) is 2.36. The van der Waals surface area contributed by atoms with Gasteiger partial charge in [0, 0.05) is 23.6 Å². The summed E-state index contributed by atoms with van der Waals surface area (Å²) in [4.78, 5) is 10.8. The average molecular weight is 229 g/mol. The molecule has 0 atom stereocenters. The van der Waals surface area contributed by atoms with Crippen molar-refractivity contribution in [3.8, 4) is 0 Å². The van der Waals surface area contributed by atoms with Crippen LogP contribution in [0, 0.1) is 5.92 Å². The molecule has 17 heavy (non-hydrogen) atoms. The van der Waals surface area contributed by atoms with Crippen LogP contribution in [0.1, 0.15) is 18.4 Å². The molecule has 0 saturated heterocycles. The molecule has 88 valence electrons. The van der Waals surface area contributed by atoms with Crippen molar-refractivity contribution < 1.29 is 9.90 Å². The maximum atomic E-state index is 10.8. The van der Waals surface area contributed by atoms with Gasteiger partial charge in [-0.3, -0.25) is 4.79 Å². The van der Waals surface area contributed by atoms with Gasteiger partial charge in [-0.1, -0.05) is 18.2 Å². The Labute approximate surface area is 99.7 Å². The van der Waals surface area contributed by atoms with Gasteiger partial charge in [-0.2, -0.15) is 0 Å². The Morgan fingerprint density at radius 3 is 2.82 bits per heavy atom. The Morgan fingerprint density at radius 1 is 1.35 bits per heavy atom. The van der Waals surface area contributed by atoms with Crippen molar-refractivity contribution in [3.05, 3.63) is 36.0 Å². The van der Waals surface area contributed by atoms with Crippen LogP contribution in [-0.2, 0) is 17.8 Å². The van der Waals surface area contributed by atoms with Crippen LogP contribution in [0.4, 0.5) is 0 Å². The molecule has 1 heterocycles. The summed E-state index contributed by atoms with van der Waals surface area (Å²) in [5, 5.41) is 10.00. The van der Waals surface area contributed by atoms with Gasteiger partial charge in [0.1, 0.15) is 0 Å². The van der Waals surface area contributed by atoms with Gasteiger partial charge in [0.25, 0.3) is 0 Å². The number of hydrogen-bond donors (Lipinski definition) is 1. The van der Waals surface area contributed by atoms with Crippen LogP contribution < -0.4 is 0 Å². The maximum Gasteiger partial charge on any atom is 0.307 e. The minimum Gasteiger partial charge on any atom is -0.481 e. The number of aliphatic carboxylic acids is 1. The molecule has 1 N–H and O–H groups in total. The number of carboxylic acid groups (broad SMARTS) is 1. The highest BCUT2D eigenvalue weighted by molar-refractivity contribution is 5.87. The lowest BCUT2D eigenvalue weighted by atomic mass is 10.1. The Hall–Kier alpha value is -1.77. The zero-order valence-corrected chi connectivity index (χ0v) is 9.60. The molecule has 0 unspecified atom stereocenters. The molecule has 1 aromatic carbocycles. The fraction of sp³-hybridized carbons (Fsp3) is 0.357. The summed E-state index contributed by atoms with van der Waals surface area (Å²) >= 11 is 0. The second-order valence-corrected chi connectivity index (χ2v) is 4.84. The monoisotopic (exact) mass is 229 g/mol. The first-order valence-corrected chi connectivity index (χ1v) is 6.02. The minimum atomic E-state index is -0.765. The molecule has 3 heteroatoms. The number of nitrogens with zero attached hydrogens (tertiary/aromatic N) is 1. The first-order valence-electron chi connectivity index (χ1n) is 6.02. The Kier molecular flexibility index (Phi) is 2.39. The van der Waals surface area contributed by atoms with E-state index >= 15 is 0 Å². The van der Waals surface area contributed by atoms with E-state index in [1.54, 1.807) is 0 Å². The molecule has 3 rings (SSSR count). The van der Waals surface area contributed by atoms with Gasteiger partial charge < -0.3 is 9.67 Å². The van der Waals surface area contributed by atoms with Crippen LogP contribution in [0.25, 0.3) is 10.9 Å². The van der Waals surface area contributed by atoms with Crippen molar-refractivity contribution in [1.82, 2.24) is 4.57 Å². The Bertz CT molecular complexity index is 567. The number of rotatable bonds is 4. The lowest BCUT2D eigenvalue weighted by Gasteiger charge is -2.02. The zero-order valence-electron chi connectivity index (χ0n) is 9.60. The molecule has 0 radical (unpaired) electrons. The number of para-hydroxylation sites is 1. The molecule has 1 saturated carbocycles. The largest absolute Gasteiger partial charge is 0.481 e. The molecule has 0 spiro atoms. The van der Waals surface area contributed by atoms with E-state index in [1.807, 2.05) is 24.4 Å². The smallest absolute Gasteiger partial charge is 0.307 e. The molecule has 1 aromatic heterocycles. The van der Waals surface area contributed by atoms with Crippen LogP contribution in [-0.4, -0.2) is 15.6 Å². The molecule has 1 fully saturated rings. The molecular weight excluding hydrogens is 214 g/mol. The van der Waals surface area contributed by atoms with E-state index in [4.69, 9.17) is 5.11 Å². The average Bonchev–Trinajstić information content (AvgIpc) is 3.04. The third-order valence-corrected chi connectivity index (χ3v) is 3.36. The molecular formula is C14H15NO2. The number of benzene rings is 1. The summed E-state index contributed by atoms with van der Waals surface area (Å²) in [6.45, 7) is 1.03. The predicted octanol–water partition coefficient (Wildman–Crippen LogP) is 2.68. The molecule has 0 aliphatic heterocycles. The van der Waals surface area contributed by atoms with E-state index in [9.17, 15) is 4.79 Å². The first kappa shape index (κ1) is 10.4. The lowest BCUT2D eigenvalue weighted by molar-refractivity contribution is -0.136.